The van der Waals surface area contributed by atoms with Crippen molar-refractivity contribution >= 4 is 33.2 Å². The van der Waals surface area contributed by atoms with Gasteiger partial charge in [0.05, 0.1) is 17.0 Å². The molecule has 1 amide bonds. The number of halogens is 1. The zero-order valence-electron chi connectivity index (χ0n) is 14.5. The Bertz CT molecular complexity index is 1190. The number of nitrogens with two attached hydrogens (primary N) is 1. The molecule has 0 saturated carbocycles. The fourth-order valence-electron chi connectivity index (χ4n) is 2.53. The summed E-state index contributed by atoms with van der Waals surface area (Å²) in [5, 5.41) is 8.22. The van der Waals surface area contributed by atoms with E-state index < -0.39 is 15.9 Å². The molecule has 0 bridgehead atoms. The minimum Gasteiger partial charge on any atom is -0.322 e. The summed E-state index contributed by atoms with van der Waals surface area (Å²) in [5.74, 6) is -0.448. The van der Waals surface area contributed by atoms with Crippen molar-refractivity contribution in [2.24, 2.45) is 5.14 Å². The number of aromatic nitrogens is 1. The molecule has 3 aromatic rings. The summed E-state index contributed by atoms with van der Waals surface area (Å²) < 4.78 is 23.9. The topological polar surface area (TPSA) is 111 Å². The molecule has 0 aliphatic heterocycles. The first kappa shape index (κ1) is 19.8. The van der Waals surface area contributed by atoms with Gasteiger partial charge in [-0.15, -0.1) is 0 Å². The minimum atomic E-state index is -3.81. The fourth-order valence-corrected chi connectivity index (χ4v) is 3.24. The highest BCUT2D eigenvalue weighted by atomic mass is 35.5. The average molecular weight is 418 g/mol. The quantitative estimate of drug-likeness (QED) is 0.664. The van der Waals surface area contributed by atoms with E-state index >= 15 is 0 Å². The molecule has 28 heavy (non-hydrogen) atoms. The highest BCUT2D eigenvalue weighted by Crippen LogP contribution is 2.16. The molecule has 1 heterocycles. The maximum absolute atomic E-state index is 12.5. The minimum absolute atomic E-state index is 0.0567. The summed E-state index contributed by atoms with van der Waals surface area (Å²) in [7, 11) is -3.81. The number of primary sulfonamides is 1. The number of nitrogens with one attached hydrogen (secondary N) is 1. The lowest BCUT2D eigenvalue weighted by molar-refractivity contribution is 0.102. The Kier molecular flexibility index (Phi) is 5.64. The fraction of sp³-hybridized carbons (Fsp3) is 0.0526. The first-order valence-electron chi connectivity index (χ1n) is 8.12. The summed E-state index contributed by atoms with van der Waals surface area (Å²) in [6.45, 7) is 0.225. The van der Waals surface area contributed by atoms with Gasteiger partial charge in [-0.25, -0.2) is 13.6 Å². The van der Waals surface area contributed by atoms with Gasteiger partial charge in [0.1, 0.15) is 0 Å². The summed E-state index contributed by atoms with van der Waals surface area (Å²) in [5.41, 5.74) is 1.14. The van der Waals surface area contributed by atoms with Gasteiger partial charge in [-0.05, 0) is 42.0 Å². The number of hydrogen-bond donors (Lipinski definition) is 2. The third kappa shape index (κ3) is 4.66. The number of carbonyl (C=O) groups is 1. The molecule has 3 rings (SSSR count). The van der Waals surface area contributed by atoms with Crippen molar-refractivity contribution in [1.82, 2.24) is 4.57 Å². The van der Waals surface area contributed by atoms with Gasteiger partial charge in [-0.2, -0.15) is 0 Å². The lowest BCUT2D eigenvalue weighted by Crippen LogP contribution is -2.22. The predicted molar refractivity (Wildman–Crippen MR) is 107 cm³/mol. The molecule has 144 valence electrons. The average Bonchev–Trinajstić information content (AvgIpc) is 2.65. The van der Waals surface area contributed by atoms with E-state index in [0.29, 0.717) is 10.7 Å². The van der Waals surface area contributed by atoms with Gasteiger partial charge in [0.25, 0.3) is 11.5 Å². The number of carbonyl (C=O) groups excluding carboxylic acids is 1. The molecule has 0 spiro atoms. The third-order valence-electron chi connectivity index (χ3n) is 3.98. The van der Waals surface area contributed by atoms with E-state index in [1.54, 1.807) is 18.2 Å². The molecule has 3 N–H and O–H groups in total. The summed E-state index contributed by atoms with van der Waals surface area (Å²) in [6.07, 6.45) is 1.44. The number of amides is 1. The first-order chi connectivity index (χ1) is 13.2. The van der Waals surface area contributed by atoms with Crippen molar-refractivity contribution in [2.45, 2.75) is 11.4 Å². The molecule has 0 aliphatic rings. The number of pyridine rings is 1. The highest BCUT2D eigenvalue weighted by Gasteiger charge is 2.11. The van der Waals surface area contributed by atoms with Crippen LogP contribution in [0.2, 0.25) is 5.02 Å². The normalized spacial score (nSPS) is 11.2. The van der Waals surface area contributed by atoms with Crippen molar-refractivity contribution in [1.29, 1.82) is 0 Å². The Labute approximate surface area is 166 Å². The van der Waals surface area contributed by atoms with Crippen molar-refractivity contribution < 1.29 is 13.2 Å². The molecule has 9 heteroatoms. The van der Waals surface area contributed by atoms with Crippen LogP contribution in [-0.4, -0.2) is 18.9 Å². The lowest BCUT2D eigenvalue weighted by Gasteiger charge is -2.10. The van der Waals surface area contributed by atoms with Gasteiger partial charge in [0.15, 0.2) is 0 Å². The SMILES string of the molecule is NS(=O)(=O)c1ccc(NC(=O)c2ccc(=O)n(Cc3ccccc3Cl)c2)cc1. The molecule has 0 aliphatic carbocycles. The molecule has 0 atom stereocenters. The van der Waals surface area contributed by atoms with Crippen molar-refractivity contribution in [3.8, 4) is 0 Å². The first-order valence-corrected chi connectivity index (χ1v) is 10.0. The number of nitrogens with zero attached hydrogens (tertiary/aromatic N) is 1. The second kappa shape index (κ2) is 7.97. The second-order valence-electron chi connectivity index (χ2n) is 6.00. The van der Waals surface area contributed by atoms with E-state index in [1.807, 2.05) is 6.07 Å². The van der Waals surface area contributed by atoms with Crippen LogP contribution in [0.5, 0.6) is 0 Å². The molecule has 0 radical (unpaired) electrons. The monoisotopic (exact) mass is 417 g/mol. The van der Waals surface area contributed by atoms with E-state index in [-0.39, 0.29) is 22.6 Å². The van der Waals surface area contributed by atoms with Crippen LogP contribution in [0.15, 0.2) is 76.6 Å². The molecule has 1 aromatic heterocycles. The van der Waals surface area contributed by atoms with Gasteiger partial charge < -0.3 is 9.88 Å². The zero-order valence-corrected chi connectivity index (χ0v) is 16.1. The Morgan fingerprint density at radius 1 is 1.04 bits per heavy atom. The molecular weight excluding hydrogens is 402 g/mol. The Hall–Kier alpha value is -2.94. The van der Waals surface area contributed by atoms with Crippen molar-refractivity contribution in [3.63, 3.8) is 0 Å². The molecule has 7 nitrogen and oxygen atoms in total. The van der Waals surface area contributed by atoms with Gasteiger partial charge in [-0.3, -0.25) is 9.59 Å². The van der Waals surface area contributed by atoms with E-state index in [9.17, 15) is 18.0 Å². The smallest absolute Gasteiger partial charge is 0.257 e. The number of hydrogen-bond acceptors (Lipinski definition) is 4. The molecule has 0 fully saturated rings. The maximum atomic E-state index is 12.5. The largest absolute Gasteiger partial charge is 0.322 e. The molecule has 0 unspecified atom stereocenters. The third-order valence-corrected chi connectivity index (χ3v) is 5.28. The Morgan fingerprint density at radius 3 is 2.36 bits per heavy atom. The van der Waals surface area contributed by atoms with Crippen LogP contribution in [-0.2, 0) is 16.6 Å². The van der Waals surface area contributed by atoms with Crippen LogP contribution in [0.3, 0.4) is 0 Å². The molecular formula is C19H16ClN3O4S. The van der Waals surface area contributed by atoms with Gasteiger partial charge in [0, 0.05) is 23.0 Å². The Balaban J connectivity index is 1.81. The zero-order chi connectivity index (χ0) is 20.3. The highest BCUT2D eigenvalue weighted by molar-refractivity contribution is 7.89. The van der Waals surface area contributed by atoms with Crippen LogP contribution < -0.4 is 16.0 Å². The number of sulfonamides is 1. The van der Waals surface area contributed by atoms with Gasteiger partial charge >= 0.3 is 0 Å². The number of anilines is 1. The maximum Gasteiger partial charge on any atom is 0.257 e. The number of rotatable bonds is 5. The summed E-state index contributed by atoms with van der Waals surface area (Å²) in [4.78, 5) is 24.5. The summed E-state index contributed by atoms with van der Waals surface area (Å²) in [6, 6.07) is 15.3. The van der Waals surface area contributed by atoms with Crippen LogP contribution in [0.4, 0.5) is 5.69 Å². The van der Waals surface area contributed by atoms with Crippen LogP contribution in [0, 0.1) is 0 Å². The number of benzene rings is 2. The van der Waals surface area contributed by atoms with E-state index in [1.165, 1.54) is 47.2 Å². The standard InChI is InChI=1S/C19H16ClN3O4S/c20-17-4-2-1-3-13(17)11-23-12-14(5-10-18(23)24)19(25)22-15-6-8-16(9-7-15)28(21,26)27/h1-10,12H,11H2,(H,22,25)(H2,21,26,27). The molecule has 2 aromatic carbocycles. The Morgan fingerprint density at radius 2 is 1.71 bits per heavy atom. The van der Waals surface area contributed by atoms with E-state index in [2.05, 4.69) is 5.32 Å². The van der Waals surface area contributed by atoms with E-state index in [0.717, 1.165) is 5.56 Å². The lowest BCUT2D eigenvalue weighted by atomic mass is 10.2. The summed E-state index contributed by atoms with van der Waals surface area (Å²) >= 11 is 6.13. The van der Waals surface area contributed by atoms with Gasteiger partial charge in [-0.1, -0.05) is 29.8 Å². The van der Waals surface area contributed by atoms with Gasteiger partial charge in [0.2, 0.25) is 10.0 Å². The van der Waals surface area contributed by atoms with Crippen molar-refractivity contribution in [2.75, 3.05) is 5.32 Å². The van der Waals surface area contributed by atoms with E-state index in [4.69, 9.17) is 16.7 Å². The predicted octanol–water partition coefficient (Wildman–Crippen LogP) is 2.45. The van der Waals surface area contributed by atoms with Crippen molar-refractivity contribution in [3.05, 3.63) is 93.4 Å². The van der Waals surface area contributed by atoms with Crippen LogP contribution in [0.1, 0.15) is 15.9 Å². The molecule has 0 saturated heterocycles. The van der Waals surface area contributed by atoms with Crippen LogP contribution in [0.25, 0.3) is 0 Å². The second-order valence-corrected chi connectivity index (χ2v) is 7.97. The van der Waals surface area contributed by atoms with Crippen LogP contribution >= 0.6 is 11.6 Å².